The molecule has 0 aliphatic rings. The van der Waals surface area contributed by atoms with Gasteiger partial charge in [0.25, 0.3) is 0 Å². The van der Waals surface area contributed by atoms with E-state index in [0.29, 0.717) is 0 Å². The zero-order chi connectivity index (χ0) is 14.7. The zero-order valence-corrected chi connectivity index (χ0v) is 13.8. The van der Waals surface area contributed by atoms with Gasteiger partial charge in [0, 0.05) is 16.6 Å². The van der Waals surface area contributed by atoms with E-state index in [-0.39, 0.29) is 0 Å². The molecule has 0 unspecified atom stereocenters. The number of halogens is 1. The highest BCUT2D eigenvalue weighted by Crippen LogP contribution is 2.26. The molecule has 0 saturated heterocycles. The fourth-order valence-electron chi connectivity index (χ4n) is 2.64. The van der Waals surface area contributed by atoms with Gasteiger partial charge < -0.3 is 4.57 Å². The van der Waals surface area contributed by atoms with Crippen LogP contribution in [0.5, 0.6) is 0 Å². The number of nitrogens with zero attached hydrogens (tertiary/aromatic N) is 2. The molecule has 21 heavy (non-hydrogen) atoms. The topological polar surface area (TPSA) is 17.8 Å². The van der Waals surface area contributed by atoms with Crippen LogP contribution in [0.25, 0.3) is 22.4 Å². The van der Waals surface area contributed by atoms with Crippen molar-refractivity contribution in [3.8, 4) is 11.4 Å². The summed E-state index contributed by atoms with van der Waals surface area (Å²) in [6.07, 6.45) is 3.69. The highest BCUT2D eigenvalue weighted by molar-refractivity contribution is 9.10. The number of aromatic nitrogens is 2. The number of unbranched alkanes of at least 4 members (excludes halogenated alkanes) is 2. The maximum absolute atomic E-state index is 4.84. The zero-order valence-electron chi connectivity index (χ0n) is 12.2. The minimum atomic E-state index is 1.03. The van der Waals surface area contributed by atoms with E-state index in [0.717, 1.165) is 22.4 Å². The van der Waals surface area contributed by atoms with E-state index in [1.807, 2.05) is 0 Å². The van der Waals surface area contributed by atoms with Gasteiger partial charge in [0.2, 0.25) is 0 Å². The highest BCUT2D eigenvalue weighted by Gasteiger charge is 2.11. The Balaban J connectivity index is 2.07. The predicted molar refractivity (Wildman–Crippen MR) is 92.4 cm³/mol. The van der Waals surface area contributed by atoms with E-state index < -0.39 is 0 Å². The number of hydrogen-bond acceptors (Lipinski definition) is 1. The summed E-state index contributed by atoms with van der Waals surface area (Å²) in [5, 5.41) is 0. The molecule has 0 atom stereocenters. The van der Waals surface area contributed by atoms with Crippen LogP contribution in [0.4, 0.5) is 0 Å². The number of hydrogen-bond donors (Lipinski definition) is 0. The van der Waals surface area contributed by atoms with E-state index in [4.69, 9.17) is 4.98 Å². The molecule has 1 aromatic heterocycles. The van der Waals surface area contributed by atoms with Gasteiger partial charge in [-0.25, -0.2) is 4.98 Å². The van der Waals surface area contributed by atoms with Crippen molar-refractivity contribution in [2.24, 2.45) is 0 Å². The van der Waals surface area contributed by atoms with Crippen molar-refractivity contribution in [2.45, 2.75) is 32.7 Å². The molecule has 0 aliphatic heterocycles. The Morgan fingerprint density at radius 2 is 1.76 bits per heavy atom. The van der Waals surface area contributed by atoms with Gasteiger partial charge in [0.15, 0.2) is 0 Å². The fourth-order valence-corrected chi connectivity index (χ4v) is 2.91. The van der Waals surface area contributed by atoms with Gasteiger partial charge in [0.05, 0.1) is 11.0 Å². The average molecular weight is 343 g/mol. The Hall–Kier alpha value is -1.61. The number of aryl methyl sites for hydroxylation is 1. The third kappa shape index (κ3) is 3.03. The molecule has 0 saturated carbocycles. The first-order valence-electron chi connectivity index (χ1n) is 7.51. The molecule has 0 fully saturated rings. The Bertz CT molecular complexity index is 729. The molecule has 0 radical (unpaired) electrons. The van der Waals surface area contributed by atoms with Gasteiger partial charge in [-0.1, -0.05) is 60.0 Å². The van der Waals surface area contributed by atoms with Crippen LogP contribution < -0.4 is 0 Å². The van der Waals surface area contributed by atoms with Crippen LogP contribution in [0.15, 0.2) is 53.0 Å². The highest BCUT2D eigenvalue weighted by atomic mass is 79.9. The number of rotatable bonds is 5. The Kier molecular flexibility index (Phi) is 4.39. The molecular formula is C18H19BrN2. The van der Waals surface area contributed by atoms with Crippen LogP contribution >= 0.6 is 15.9 Å². The third-order valence-electron chi connectivity index (χ3n) is 3.74. The fraction of sp³-hybridized carbons (Fsp3) is 0.278. The van der Waals surface area contributed by atoms with Crippen molar-refractivity contribution in [3.05, 3.63) is 53.0 Å². The first kappa shape index (κ1) is 14.3. The van der Waals surface area contributed by atoms with Crippen LogP contribution in [-0.4, -0.2) is 9.55 Å². The Morgan fingerprint density at radius 1 is 1.00 bits per heavy atom. The van der Waals surface area contributed by atoms with Crippen LogP contribution in [0.2, 0.25) is 0 Å². The van der Waals surface area contributed by atoms with Gasteiger partial charge in [0.1, 0.15) is 5.82 Å². The van der Waals surface area contributed by atoms with Crippen LogP contribution in [0, 0.1) is 0 Å². The van der Waals surface area contributed by atoms with E-state index in [1.165, 1.54) is 30.3 Å². The lowest BCUT2D eigenvalue weighted by Crippen LogP contribution is -2.00. The first-order chi connectivity index (χ1) is 10.3. The Morgan fingerprint density at radius 3 is 2.52 bits per heavy atom. The summed E-state index contributed by atoms with van der Waals surface area (Å²) in [6.45, 7) is 3.27. The van der Waals surface area contributed by atoms with Crippen molar-refractivity contribution in [1.82, 2.24) is 9.55 Å². The summed E-state index contributed by atoms with van der Waals surface area (Å²) in [5.74, 6) is 1.07. The molecule has 0 spiro atoms. The second-order valence-electron chi connectivity index (χ2n) is 5.29. The molecule has 3 rings (SSSR count). The van der Waals surface area contributed by atoms with Gasteiger partial charge in [-0.05, 0) is 30.7 Å². The molecule has 108 valence electrons. The van der Waals surface area contributed by atoms with Crippen LogP contribution in [0.1, 0.15) is 26.2 Å². The third-order valence-corrected chi connectivity index (χ3v) is 4.27. The van der Waals surface area contributed by atoms with Crippen molar-refractivity contribution >= 4 is 27.0 Å². The smallest absolute Gasteiger partial charge is 0.141 e. The summed E-state index contributed by atoms with van der Waals surface area (Å²) in [5.41, 5.74) is 3.48. The molecule has 2 nitrogen and oxygen atoms in total. The molecule has 0 amide bonds. The maximum atomic E-state index is 4.84. The van der Waals surface area contributed by atoms with Crippen molar-refractivity contribution in [1.29, 1.82) is 0 Å². The largest absolute Gasteiger partial charge is 0.324 e. The number of fused-ring (bicyclic) bond motifs is 1. The van der Waals surface area contributed by atoms with Crippen LogP contribution in [0.3, 0.4) is 0 Å². The van der Waals surface area contributed by atoms with Crippen LogP contribution in [-0.2, 0) is 6.54 Å². The number of para-hydroxylation sites is 2. The lowest BCUT2D eigenvalue weighted by molar-refractivity contribution is 0.617. The second-order valence-corrected chi connectivity index (χ2v) is 6.21. The molecule has 2 aromatic carbocycles. The molecule has 0 aliphatic carbocycles. The van der Waals surface area contributed by atoms with Gasteiger partial charge in [-0.2, -0.15) is 0 Å². The Labute approximate surface area is 134 Å². The second kappa shape index (κ2) is 6.44. The predicted octanol–water partition coefficient (Wildman–Crippen LogP) is 5.66. The van der Waals surface area contributed by atoms with Crippen molar-refractivity contribution < 1.29 is 0 Å². The monoisotopic (exact) mass is 342 g/mol. The van der Waals surface area contributed by atoms with Crippen molar-refractivity contribution in [3.63, 3.8) is 0 Å². The lowest BCUT2D eigenvalue weighted by atomic mass is 10.2. The average Bonchev–Trinajstić information content (AvgIpc) is 2.87. The quantitative estimate of drug-likeness (QED) is 0.547. The van der Waals surface area contributed by atoms with E-state index in [2.05, 4.69) is 76.0 Å². The minimum absolute atomic E-state index is 1.03. The summed E-state index contributed by atoms with van der Waals surface area (Å²) in [6, 6.07) is 16.8. The maximum Gasteiger partial charge on any atom is 0.141 e. The van der Waals surface area contributed by atoms with Gasteiger partial charge >= 0.3 is 0 Å². The number of imidazole rings is 1. The molecular weight excluding hydrogens is 324 g/mol. The summed E-state index contributed by atoms with van der Waals surface area (Å²) >= 11 is 3.50. The first-order valence-corrected chi connectivity index (χ1v) is 8.30. The lowest BCUT2D eigenvalue weighted by Gasteiger charge is -2.09. The summed E-state index contributed by atoms with van der Waals surface area (Å²) in [4.78, 5) is 4.84. The SMILES string of the molecule is CCCCCn1c(-c2ccc(Br)cc2)nc2ccccc21. The minimum Gasteiger partial charge on any atom is -0.324 e. The molecule has 3 aromatic rings. The molecule has 3 heteroatoms. The summed E-state index contributed by atoms with van der Waals surface area (Å²) in [7, 11) is 0. The molecule has 1 heterocycles. The number of benzene rings is 2. The molecule has 0 bridgehead atoms. The molecule has 0 N–H and O–H groups in total. The van der Waals surface area contributed by atoms with E-state index in [9.17, 15) is 0 Å². The normalized spacial score (nSPS) is 11.1. The van der Waals surface area contributed by atoms with Gasteiger partial charge in [-0.15, -0.1) is 0 Å². The van der Waals surface area contributed by atoms with Crippen molar-refractivity contribution in [2.75, 3.05) is 0 Å². The summed E-state index contributed by atoms with van der Waals surface area (Å²) < 4.78 is 3.45. The van der Waals surface area contributed by atoms with E-state index >= 15 is 0 Å². The van der Waals surface area contributed by atoms with Gasteiger partial charge in [-0.3, -0.25) is 0 Å². The standard InChI is InChI=1S/C18H19BrN2/c1-2-3-6-13-21-17-8-5-4-7-16(17)20-18(21)14-9-11-15(19)12-10-14/h4-5,7-12H,2-3,6,13H2,1H3. The van der Waals surface area contributed by atoms with E-state index in [1.54, 1.807) is 0 Å².